The highest BCUT2D eigenvalue weighted by molar-refractivity contribution is 7.98. The lowest BCUT2D eigenvalue weighted by atomic mass is 10.1. The molecule has 0 bridgehead atoms. The quantitative estimate of drug-likeness (QED) is 0.576. The number of halogens is 1. The number of carbonyl (C=O) groups is 2. The van der Waals surface area contributed by atoms with E-state index in [-0.39, 0.29) is 24.0 Å². The first-order valence-corrected chi connectivity index (χ1v) is 10.1. The Kier molecular flexibility index (Phi) is 6.36. The molecule has 0 aliphatic rings. The summed E-state index contributed by atoms with van der Waals surface area (Å²) in [5.41, 5.74) is -1.01. The Morgan fingerprint density at radius 3 is 2.80 bits per heavy atom. The van der Waals surface area contributed by atoms with Crippen molar-refractivity contribution in [1.29, 1.82) is 0 Å². The summed E-state index contributed by atoms with van der Waals surface area (Å²) in [6.07, 6.45) is 3.13. The number of pyridine rings is 2. The summed E-state index contributed by atoms with van der Waals surface area (Å²) >= 11 is 1.30. The zero-order valence-electron chi connectivity index (χ0n) is 16.1. The zero-order chi connectivity index (χ0) is 21.8. The Balaban J connectivity index is 2.02. The molecule has 0 saturated carbocycles. The maximum absolute atomic E-state index is 13.4. The van der Waals surface area contributed by atoms with E-state index in [1.807, 2.05) is 0 Å². The Hall–Kier alpha value is -3.40. The van der Waals surface area contributed by atoms with Crippen LogP contribution in [-0.4, -0.2) is 33.0 Å². The molecule has 0 saturated heterocycles. The lowest BCUT2D eigenvalue weighted by Gasteiger charge is -2.14. The van der Waals surface area contributed by atoms with Crippen LogP contribution in [0, 0.1) is 5.82 Å². The first kappa shape index (κ1) is 21.3. The summed E-state index contributed by atoms with van der Waals surface area (Å²) in [7, 11) is 0. The van der Waals surface area contributed by atoms with Gasteiger partial charge in [0.05, 0.1) is 0 Å². The lowest BCUT2D eigenvalue weighted by molar-refractivity contribution is -0.143. The van der Waals surface area contributed by atoms with Crippen LogP contribution in [0.15, 0.2) is 46.2 Å². The van der Waals surface area contributed by atoms with Crippen LogP contribution in [0.2, 0.25) is 0 Å². The second kappa shape index (κ2) is 8.95. The molecule has 30 heavy (non-hydrogen) atoms. The van der Waals surface area contributed by atoms with E-state index in [4.69, 9.17) is 4.84 Å². The molecule has 0 aliphatic carbocycles. The van der Waals surface area contributed by atoms with E-state index < -0.39 is 34.6 Å². The van der Waals surface area contributed by atoms with Gasteiger partial charge in [-0.05, 0) is 36.1 Å². The molecule has 2 N–H and O–H groups in total. The van der Waals surface area contributed by atoms with E-state index in [2.05, 4.69) is 10.3 Å². The smallest absolute Gasteiger partial charge is 0.332 e. The standard InChI is InChI=1S/C20H18FN3O5S/c1-3-15(25)29-24-13-5-4-8-22-17(13)18(26)16(20(24)28)19(27)23-10-11-6-7-12(21)9-14(11)30-2/h4-9,26H,3,10H2,1-2H3,(H,23,27). The molecule has 2 heterocycles. The fraction of sp³-hybridized carbons (Fsp3) is 0.200. The van der Waals surface area contributed by atoms with Gasteiger partial charge < -0.3 is 15.3 Å². The average molecular weight is 431 g/mol. The molecule has 0 fully saturated rings. The van der Waals surface area contributed by atoms with Crippen molar-refractivity contribution in [2.45, 2.75) is 24.8 Å². The molecule has 1 amide bonds. The van der Waals surface area contributed by atoms with E-state index in [1.165, 1.54) is 48.3 Å². The van der Waals surface area contributed by atoms with Gasteiger partial charge in [0.15, 0.2) is 11.3 Å². The van der Waals surface area contributed by atoms with E-state index in [0.717, 1.165) is 0 Å². The third kappa shape index (κ3) is 4.13. The largest absolute Gasteiger partial charge is 0.505 e. The van der Waals surface area contributed by atoms with Gasteiger partial charge in [0.2, 0.25) is 0 Å². The van der Waals surface area contributed by atoms with Gasteiger partial charge in [-0.2, -0.15) is 0 Å². The van der Waals surface area contributed by atoms with Crippen LogP contribution < -0.4 is 15.7 Å². The van der Waals surface area contributed by atoms with Crippen LogP contribution in [0.25, 0.3) is 11.0 Å². The zero-order valence-corrected chi connectivity index (χ0v) is 17.0. The molecular formula is C20H18FN3O5S. The fourth-order valence-corrected chi connectivity index (χ4v) is 3.40. The van der Waals surface area contributed by atoms with Crippen LogP contribution in [0.3, 0.4) is 0 Å². The number of hydrogen-bond acceptors (Lipinski definition) is 7. The molecule has 10 heteroatoms. The molecule has 3 rings (SSSR count). The van der Waals surface area contributed by atoms with Gasteiger partial charge >= 0.3 is 11.5 Å². The van der Waals surface area contributed by atoms with Crippen molar-refractivity contribution in [3.8, 4) is 5.75 Å². The van der Waals surface area contributed by atoms with Crippen LogP contribution in [0.4, 0.5) is 4.39 Å². The van der Waals surface area contributed by atoms with Gasteiger partial charge in [0.25, 0.3) is 5.91 Å². The van der Waals surface area contributed by atoms with Crippen LogP contribution >= 0.6 is 11.8 Å². The van der Waals surface area contributed by atoms with Gasteiger partial charge in [-0.25, -0.2) is 9.18 Å². The number of benzene rings is 1. The minimum absolute atomic E-state index is 0.00136. The first-order valence-electron chi connectivity index (χ1n) is 8.91. The predicted octanol–water partition coefficient (Wildman–Crippen LogP) is 2.26. The second-order valence-corrected chi connectivity index (χ2v) is 7.00. The third-order valence-electron chi connectivity index (χ3n) is 4.26. The minimum Gasteiger partial charge on any atom is -0.505 e. The number of fused-ring (bicyclic) bond motifs is 1. The Morgan fingerprint density at radius 1 is 1.33 bits per heavy atom. The van der Waals surface area contributed by atoms with Crippen LogP contribution in [0.1, 0.15) is 29.3 Å². The van der Waals surface area contributed by atoms with E-state index in [9.17, 15) is 23.9 Å². The maximum Gasteiger partial charge on any atom is 0.332 e. The number of rotatable bonds is 6. The molecule has 1 aromatic carbocycles. The molecule has 0 unspecified atom stereocenters. The summed E-state index contributed by atoms with van der Waals surface area (Å²) in [5.74, 6) is -2.62. The van der Waals surface area contributed by atoms with Crippen LogP contribution in [0.5, 0.6) is 5.75 Å². The van der Waals surface area contributed by atoms with Crippen molar-refractivity contribution in [3.05, 3.63) is 63.8 Å². The third-order valence-corrected chi connectivity index (χ3v) is 5.08. The van der Waals surface area contributed by atoms with Gasteiger partial charge in [-0.1, -0.05) is 13.0 Å². The van der Waals surface area contributed by atoms with Crippen molar-refractivity contribution >= 4 is 34.7 Å². The van der Waals surface area contributed by atoms with Gasteiger partial charge in [0, 0.05) is 24.1 Å². The topological polar surface area (TPSA) is 111 Å². The van der Waals surface area contributed by atoms with Gasteiger partial charge in [0.1, 0.15) is 16.9 Å². The number of hydrogen-bond donors (Lipinski definition) is 2. The SMILES string of the molecule is CCC(=O)On1c(=O)c(C(=O)NCc2ccc(F)cc2SC)c(O)c2ncccc21. The average Bonchev–Trinajstić information content (AvgIpc) is 2.75. The highest BCUT2D eigenvalue weighted by atomic mass is 32.2. The number of nitrogens with zero attached hydrogens (tertiary/aromatic N) is 2. The van der Waals surface area contributed by atoms with Crippen molar-refractivity contribution < 1.29 is 23.9 Å². The molecule has 0 aliphatic heterocycles. The number of nitrogens with one attached hydrogen (secondary N) is 1. The highest BCUT2D eigenvalue weighted by Gasteiger charge is 2.24. The molecule has 0 spiro atoms. The Labute approximate surface area is 174 Å². The summed E-state index contributed by atoms with van der Waals surface area (Å²) in [4.78, 5) is 47.0. The van der Waals surface area contributed by atoms with E-state index in [1.54, 1.807) is 13.2 Å². The summed E-state index contributed by atoms with van der Waals surface area (Å²) in [6, 6.07) is 7.04. The van der Waals surface area contributed by atoms with E-state index >= 15 is 0 Å². The number of thioether (sulfide) groups is 1. The van der Waals surface area contributed by atoms with E-state index in [0.29, 0.717) is 15.2 Å². The number of aromatic nitrogens is 2. The Bertz CT molecular complexity index is 1200. The molecule has 156 valence electrons. The van der Waals surface area contributed by atoms with Crippen molar-refractivity contribution in [2.75, 3.05) is 6.26 Å². The summed E-state index contributed by atoms with van der Waals surface area (Å²) in [6.45, 7) is 1.54. The number of amides is 1. The minimum atomic E-state index is -1.00. The van der Waals surface area contributed by atoms with Gasteiger partial charge in [-0.15, -0.1) is 16.5 Å². The number of carbonyl (C=O) groups excluding carboxylic acids is 2. The summed E-state index contributed by atoms with van der Waals surface area (Å²) in [5, 5.41) is 13.1. The molecule has 3 aromatic rings. The fourth-order valence-electron chi connectivity index (χ4n) is 2.76. The van der Waals surface area contributed by atoms with Gasteiger partial charge in [-0.3, -0.25) is 14.6 Å². The molecule has 0 atom stereocenters. The molecule has 0 radical (unpaired) electrons. The molecule has 8 nitrogen and oxygen atoms in total. The van der Waals surface area contributed by atoms with Crippen molar-refractivity contribution in [2.24, 2.45) is 0 Å². The normalized spacial score (nSPS) is 10.8. The van der Waals surface area contributed by atoms with Crippen LogP contribution in [-0.2, 0) is 11.3 Å². The number of aromatic hydroxyl groups is 1. The molecule has 2 aromatic heterocycles. The van der Waals surface area contributed by atoms with Crippen molar-refractivity contribution in [3.63, 3.8) is 0 Å². The summed E-state index contributed by atoms with van der Waals surface area (Å²) < 4.78 is 14.1. The monoisotopic (exact) mass is 431 g/mol. The maximum atomic E-state index is 13.4. The Morgan fingerprint density at radius 2 is 2.10 bits per heavy atom. The molecular weight excluding hydrogens is 413 g/mol. The first-order chi connectivity index (χ1) is 14.4. The lowest BCUT2D eigenvalue weighted by Crippen LogP contribution is -2.37. The van der Waals surface area contributed by atoms with Crippen molar-refractivity contribution in [1.82, 2.24) is 15.0 Å². The predicted molar refractivity (Wildman–Crippen MR) is 109 cm³/mol. The highest BCUT2D eigenvalue weighted by Crippen LogP contribution is 2.25. The second-order valence-electron chi connectivity index (χ2n) is 6.15.